The molecule has 0 saturated heterocycles. The molecular formula is C44H37NO4. The number of furan rings is 2. The fourth-order valence-corrected chi connectivity index (χ4v) is 5.76. The van der Waals surface area contributed by atoms with E-state index in [1.54, 1.807) is 12.5 Å². The van der Waals surface area contributed by atoms with E-state index < -0.39 is 0 Å². The number of rotatable bonds is 12. The lowest BCUT2D eigenvalue weighted by Crippen LogP contribution is -2.10. The molecule has 0 atom stereocenters. The number of hydrogen-bond donors (Lipinski definition) is 0. The Kier molecular flexibility index (Phi) is 9.42. The van der Waals surface area contributed by atoms with Gasteiger partial charge < -0.3 is 23.2 Å². The zero-order chi connectivity index (χ0) is 33.4. The minimum absolute atomic E-state index is 0.378. The van der Waals surface area contributed by atoms with Crippen LogP contribution in [0.1, 0.15) is 39.3 Å². The number of ether oxygens (including phenoxy) is 2. The summed E-state index contributed by atoms with van der Waals surface area (Å²) in [5.74, 6) is 3.12. The van der Waals surface area contributed by atoms with E-state index in [1.807, 2.05) is 48.5 Å². The second kappa shape index (κ2) is 14.7. The maximum Gasteiger partial charge on any atom is 0.146 e. The van der Waals surface area contributed by atoms with Gasteiger partial charge in [-0.25, -0.2) is 0 Å². The molecule has 5 aromatic carbocycles. The van der Waals surface area contributed by atoms with Gasteiger partial charge in [0.25, 0.3) is 0 Å². The molecule has 2 heterocycles. The quantitative estimate of drug-likeness (QED) is 0.124. The molecule has 0 aliphatic heterocycles. The van der Waals surface area contributed by atoms with Gasteiger partial charge in [0.1, 0.15) is 36.2 Å². The van der Waals surface area contributed by atoms with Crippen LogP contribution >= 0.6 is 0 Å². The monoisotopic (exact) mass is 643 g/mol. The summed E-state index contributed by atoms with van der Waals surface area (Å²) in [4.78, 5) is 2.30. The van der Waals surface area contributed by atoms with Crippen molar-refractivity contribution in [3.63, 3.8) is 0 Å². The van der Waals surface area contributed by atoms with E-state index in [-0.39, 0.29) is 0 Å². The lowest BCUT2D eigenvalue weighted by Gasteiger charge is -2.26. The molecule has 7 rings (SSSR count). The Bertz CT molecular complexity index is 1980. The molecule has 0 radical (unpaired) electrons. The lowest BCUT2D eigenvalue weighted by molar-refractivity contribution is 0.270. The van der Waals surface area contributed by atoms with Crippen LogP contribution in [-0.4, -0.2) is 0 Å². The van der Waals surface area contributed by atoms with Crippen molar-refractivity contribution in [2.45, 2.75) is 27.1 Å². The minimum Gasteiger partial charge on any atom is -0.486 e. The number of aryl methyl sites for hydroxylation is 2. The van der Waals surface area contributed by atoms with Crippen LogP contribution in [0.25, 0.3) is 11.6 Å². The fraction of sp³-hybridized carbons (Fsp3) is 0.0909. The number of hydrogen-bond acceptors (Lipinski definition) is 5. The van der Waals surface area contributed by atoms with E-state index in [0.717, 1.165) is 62.3 Å². The summed E-state index contributed by atoms with van der Waals surface area (Å²) in [6.07, 6.45) is 5.54. The second-order valence-corrected chi connectivity index (χ2v) is 11.9. The third-order valence-electron chi connectivity index (χ3n) is 8.24. The second-order valence-electron chi connectivity index (χ2n) is 11.9. The highest BCUT2D eigenvalue weighted by Crippen LogP contribution is 2.36. The van der Waals surface area contributed by atoms with Crippen LogP contribution in [0.3, 0.4) is 0 Å². The standard InChI is InChI=1S/C44H37NO4/c1-32-7-3-9-38(27-32)45(39-10-4-8-33(2)28-39)37-19-13-34(14-20-37)29-44(35-15-21-40(22-16-35)48-30-42-11-5-25-46-42)36-17-23-41(24-18-36)49-31-43-12-6-26-47-43/h3-29H,30-31H2,1-2H3. The van der Waals surface area contributed by atoms with Gasteiger partial charge >= 0.3 is 0 Å². The van der Waals surface area contributed by atoms with Gasteiger partial charge in [0.15, 0.2) is 0 Å². The van der Waals surface area contributed by atoms with Gasteiger partial charge in [-0.2, -0.15) is 0 Å². The Labute approximate surface area is 287 Å². The minimum atomic E-state index is 0.378. The van der Waals surface area contributed by atoms with Crippen molar-refractivity contribution in [1.82, 2.24) is 0 Å². The molecule has 5 nitrogen and oxygen atoms in total. The molecule has 0 spiro atoms. The maximum atomic E-state index is 5.96. The van der Waals surface area contributed by atoms with Crippen molar-refractivity contribution < 1.29 is 18.3 Å². The van der Waals surface area contributed by atoms with Crippen molar-refractivity contribution in [3.05, 3.63) is 197 Å². The van der Waals surface area contributed by atoms with Crippen LogP contribution in [0.15, 0.2) is 167 Å². The topological polar surface area (TPSA) is 48.0 Å². The molecule has 49 heavy (non-hydrogen) atoms. The van der Waals surface area contributed by atoms with Crippen LogP contribution in [0.5, 0.6) is 11.5 Å². The summed E-state index contributed by atoms with van der Waals surface area (Å²) in [5.41, 5.74) is 10.1. The van der Waals surface area contributed by atoms with Crippen LogP contribution in [0.4, 0.5) is 17.1 Å². The molecule has 2 aromatic heterocycles. The molecule has 0 amide bonds. The van der Waals surface area contributed by atoms with Crippen molar-refractivity contribution in [2.75, 3.05) is 4.90 Å². The van der Waals surface area contributed by atoms with Gasteiger partial charge in [-0.05, 0) is 138 Å². The summed E-state index contributed by atoms with van der Waals surface area (Å²) >= 11 is 0. The third-order valence-corrected chi connectivity index (χ3v) is 8.24. The van der Waals surface area contributed by atoms with Crippen LogP contribution < -0.4 is 14.4 Å². The molecule has 0 saturated carbocycles. The van der Waals surface area contributed by atoms with E-state index in [0.29, 0.717) is 13.2 Å². The van der Waals surface area contributed by atoms with E-state index in [1.165, 1.54) is 11.1 Å². The first kappa shape index (κ1) is 31.4. The largest absolute Gasteiger partial charge is 0.486 e. The first-order valence-corrected chi connectivity index (χ1v) is 16.3. The van der Waals surface area contributed by atoms with Gasteiger partial charge in [-0.3, -0.25) is 0 Å². The average molecular weight is 644 g/mol. The van der Waals surface area contributed by atoms with Crippen LogP contribution in [0, 0.1) is 13.8 Å². The summed E-state index contributed by atoms with van der Waals surface area (Å²) in [6, 6.07) is 49.9. The molecule has 7 aromatic rings. The van der Waals surface area contributed by atoms with E-state index >= 15 is 0 Å². The first-order valence-electron chi connectivity index (χ1n) is 16.3. The van der Waals surface area contributed by atoms with Gasteiger partial charge in [0, 0.05) is 17.1 Å². The Hall–Kier alpha value is -6.20. The fourth-order valence-electron chi connectivity index (χ4n) is 5.76. The molecule has 5 heteroatoms. The van der Waals surface area contributed by atoms with Gasteiger partial charge in [-0.15, -0.1) is 0 Å². The van der Waals surface area contributed by atoms with Crippen molar-refractivity contribution in [3.8, 4) is 11.5 Å². The number of benzene rings is 5. The maximum absolute atomic E-state index is 5.96. The highest BCUT2D eigenvalue weighted by atomic mass is 16.5. The van der Waals surface area contributed by atoms with E-state index in [2.05, 4.69) is 122 Å². The van der Waals surface area contributed by atoms with E-state index in [4.69, 9.17) is 18.3 Å². The van der Waals surface area contributed by atoms with Gasteiger partial charge in [0.05, 0.1) is 12.5 Å². The smallest absolute Gasteiger partial charge is 0.146 e. The first-order chi connectivity index (χ1) is 24.1. The van der Waals surface area contributed by atoms with Crippen molar-refractivity contribution in [1.29, 1.82) is 0 Å². The summed E-state index contributed by atoms with van der Waals surface area (Å²) in [7, 11) is 0. The molecule has 0 bridgehead atoms. The van der Waals surface area contributed by atoms with Crippen molar-refractivity contribution >= 4 is 28.7 Å². The molecule has 0 N–H and O–H groups in total. The SMILES string of the molecule is Cc1cccc(N(c2ccc(C=C(c3ccc(OCc4ccco4)cc3)c3ccc(OCc4ccco4)cc3)cc2)c2cccc(C)c2)c1. The van der Waals surface area contributed by atoms with Crippen molar-refractivity contribution in [2.24, 2.45) is 0 Å². The lowest BCUT2D eigenvalue weighted by atomic mass is 9.95. The highest BCUT2D eigenvalue weighted by Gasteiger charge is 2.14. The number of anilines is 3. The predicted octanol–water partition coefficient (Wildman–Crippen LogP) is 11.7. The van der Waals surface area contributed by atoms with Crippen LogP contribution in [0.2, 0.25) is 0 Å². The molecule has 242 valence electrons. The molecule has 0 fully saturated rings. The molecule has 0 aliphatic rings. The third kappa shape index (κ3) is 7.86. The Morgan fingerprint density at radius 1 is 0.531 bits per heavy atom. The summed E-state index contributed by atoms with van der Waals surface area (Å²) in [5, 5.41) is 0. The van der Waals surface area contributed by atoms with Gasteiger partial charge in [0.2, 0.25) is 0 Å². The molecule has 0 aliphatic carbocycles. The average Bonchev–Trinajstić information content (AvgIpc) is 3.86. The predicted molar refractivity (Wildman–Crippen MR) is 197 cm³/mol. The zero-order valence-corrected chi connectivity index (χ0v) is 27.6. The summed E-state index contributed by atoms with van der Waals surface area (Å²) < 4.78 is 22.8. The molecular weight excluding hydrogens is 606 g/mol. The van der Waals surface area contributed by atoms with Gasteiger partial charge in [-0.1, -0.05) is 60.7 Å². The van der Waals surface area contributed by atoms with Crippen LogP contribution in [-0.2, 0) is 13.2 Å². The Morgan fingerprint density at radius 3 is 1.45 bits per heavy atom. The zero-order valence-electron chi connectivity index (χ0n) is 27.6. The Morgan fingerprint density at radius 2 is 1.02 bits per heavy atom. The summed E-state index contributed by atoms with van der Waals surface area (Å²) in [6.45, 7) is 5.01. The van der Waals surface area contributed by atoms with E-state index in [9.17, 15) is 0 Å². The normalized spacial score (nSPS) is 10.8. The number of nitrogens with zero attached hydrogens (tertiary/aromatic N) is 1. The Balaban J connectivity index is 1.20. The highest BCUT2D eigenvalue weighted by molar-refractivity contribution is 5.92. The molecule has 0 unspecified atom stereocenters.